The van der Waals surface area contributed by atoms with Crippen LogP contribution in [0.3, 0.4) is 0 Å². The van der Waals surface area contributed by atoms with Gasteiger partial charge in [0.1, 0.15) is 0 Å². The summed E-state index contributed by atoms with van der Waals surface area (Å²) >= 11 is 12.8. The van der Waals surface area contributed by atoms with Gasteiger partial charge in [0, 0.05) is 34.4 Å². The normalized spacial score (nSPS) is 11.0. The quantitative estimate of drug-likeness (QED) is 0.213. The molecule has 1 aromatic heterocycles. The Morgan fingerprint density at radius 2 is 1.69 bits per heavy atom. The minimum atomic E-state index is -4.62. The maximum atomic E-state index is 13.5. The van der Waals surface area contributed by atoms with Crippen molar-refractivity contribution in [2.75, 3.05) is 16.0 Å². The summed E-state index contributed by atoms with van der Waals surface area (Å²) in [6, 6.07) is 15.3. The summed E-state index contributed by atoms with van der Waals surface area (Å²) in [6.45, 7) is 0. The molecule has 0 aliphatic carbocycles. The standard InChI is InChI=1S/C26H16Cl2F3N5O2S/c27-21-7-6-18(11-22(21)28)35-24(38)34-17-3-1-2-16(9-17)23(37)36-25-33-13-19(39-25)10-15-5-4-14(12-32)8-20(15)26(29,30)31/h1-9,11,13H,10H2,(H,33,36,37)(H2,34,35,38). The van der Waals surface area contributed by atoms with E-state index in [-0.39, 0.29) is 33.3 Å². The number of aromatic nitrogens is 1. The highest BCUT2D eigenvalue weighted by Crippen LogP contribution is 2.34. The van der Waals surface area contributed by atoms with E-state index in [1.807, 2.05) is 0 Å². The van der Waals surface area contributed by atoms with E-state index in [2.05, 4.69) is 20.9 Å². The molecule has 7 nitrogen and oxygen atoms in total. The summed E-state index contributed by atoms with van der Waals surface area (Å²) < 4.78 is 40.4. The topological polar surface area (TPSA) is 107 Å². The summed E-state index contributed by atoms with van der Waals surface area (Å²) in [5.41, 5.74) is -0.0364. The third-order valence-corrected chi connectivity index (χ3v) is 6.89. The minimum Gasteiger partial charge on any atom is -0.308 e. The molecule has 3 aromatic carbocycles. The molecule has 3 N–H and O–H groups in total. The SMILES string of the molecule is N#Cc1ccc(Cc2cnc(NC(=O)c3cccc(NC(=O)Nc4ccc(Cl)c(Cl)c4)c3)s2)c(C(F)(F)F)c1. The van der Waals surface area contributed by atoms with E-state index < -0.39 is 23.7 Å². The highest BCUT2D eigenvalue weighted by molar-refractivity contribution is 7.15. The van der Waals surface area contributed by atoms with E-state index in [1.54, 1.807) is 24.3 Å². The van der Waals surface area contributed by atoms with Crippen molar-refractivity contribution >= 4 is 63.0 Å². The number of carbonyl (C=O) groups excluding carboxylic acids is 2. The first kappa shape index (κ1) is 27.9. The monoisotopic (exact) mass is 589 g/mol. The lowest BCUT2D eigenvalue weighted by molar-refractivity contribution is -0.138. The van der Waals surface area contributed by atoms with Gasteiger partial charge in [0.25, 0.3) is 5.91 Å². The van der Waals surface area contributed by atoms with Crippen molar-refractivity contribution < 1.29 is 22.8 Å². The number of rotatable bonds is 6. The second-order valence-corrected chi connectivity index (χ2v) is 9.96. The molecule has 0 unspecified atom stereocenters. The first-order chi connectivity index (χ1) is 18.5. The molecule has 0 atom stereocenters. The predicted octanol–water partition coefficient (Wildman–Crippen LogP) is 7.83. The average molecular weight is 590 g/mol. The number of anilines is 3. The summed E-state index contributed by atoms with van der Waals surface area (Å²) in [6.07, 6.45) is -3.33. The first-order valence-electron chi connectivity index (χ1n) is 11.0. The molecule has 4 aromatic rings. The van der Waals surface area contributed by atoms with Gasteiger partial charge in [0.2, 0.25) is 0 Å². The molecule has 3 amide bonds. The molecule has 0 aliphatic rings. The number of nitrogens with one attached hydrogen (secondary N) is 3. The zero-order valence-electron chi connectivity index (χ0n) is 19.6. The average Bonchev–Trinajstić information content (AvgIpc) is 3.32. The van der Waals surface area contributed by atoms with E-state index >= 15 is 0 Å². The number of benzene rings is 3. The molecule has 4 rings (SSSR count). The number of halogens is 5. The van der Waals surface area contributed by atoms with Crippen LogP contribution < -0.4 is 16.0 Å². The number of carbonyl (C=O) groups is 2. The number of hydrogen-bond acceptors (Lipinski definition) is 5. The number of hydrogen-bond donors (Lipinski definition) is 3. The number of urea groups is 1. The molecule has 0 bridgehead atoms. The van der Waals surface area contributed by atoms with Crippen LogP contribution in [-0.2, 0) is 12.6 Å². The van der Waals surface area contributed by atoms with Crippen LogP contribution in [0.5, 0.6) is 0 Å². The maximum Gasteiger partial charge on any atom is 0.416 e. The van der Waals surface area contributed by atoms with Crippen LogP contribution in [0.1, 0.15) is 31.9 Å². The maximum absolute atomic E-state index is 13.5. The van der Waals surface area contributed by atoms with Gasteiger partial charge in [-0.15, -0.1) is 11.3 Å². The molecule has 39 heavy (non-hydrogen) atoms. The lowest BCUT2D eigenvalue weighted by atomic mass is 10.0. The van der Waals surface area contributed by atoms with Crippen LogP contribution in [-0.4, -0.2) is 16.9 Å². The highest BCUT2D eigenvalue weighted by Gasteiger charge is 2.33. The van der Waals surface area contributed by atoms with Crippen molar-refractivity contribution in [1.29, 1.82) is 5.26 Å². The first-order valence-corrected chi connectivity index (χ1v) is 12.6. The summed E-state index contributed by atoms with van der Waals surface area (Å²) in [5.74, 6) is -0.529. The van der Waals surface area contributed by atoms with Gasteiger partial charge in [-0.1, -0.05) is 35.3 Å². The Labute approximate surface area is 234 Å². The molecule has 1 heterocycles. The Hall–Kier alpha value is -4.11. The van der Waals surface area contributed by atoms with Gasteiger partial charge < -0.3 is 10.6 Å². The fourth-order valence-corrected chi connectivity index (χ4v) is 4.60. The van der Waals surface area contributed by atoms with Crippen molar-refractivity contribution in [2.45, 2.75) is 12.6 Å². The number of nitrogens with zero attached hydrogens (tertiary/aromatic N) is 2. The predicted molar refractivity (Wildman–Crippen MR) is 145 cm³/mol. The Bertz CT molecular complexity index is 1600. The lowest BCUT2D eigenvalue weighted by Crippen LogP contribution is -2.20. The van der Waals surface area contributed by atoms with Crippen LogP contribution in [0.15, 0.2) is 66.9 Å². The number of nitriles is 1. The van der Waals surface area contributed by atoms with E-state index in [0.717, 1.165) is 17.4 Å². The summed E-state index contributed by atoms with van der Waals surface area (Å²) in [5, 5.41) is 17.6. The van der Waals surface area contributed by atoms with Crippen molar-refractivity contribution in [3.05, 3.63) is 104 Å². The van der Waals surface area contributed by atoms with Crippen molar-refractivity contribution in [3.63, 3.8) is 0 Å². The van der Waals surface area contributed by atoms with Crippen LogP contribution in [0.2, 0.25) is 10.0 Å². The number of alkyl halides is 3. The Kier molecular flexibility index (Phi) is 8.40. The molecule has 0 saturated heterocycles. The lowest BCUT2D eigenvalue weighted by Gasteiger charge is -2.12. The van der Waals surface area contributed by atoms with Gasteiger partial charge in [-0.3, -0.25) is 10.1 Å². The Morgan fingerprint density at radius 3 is 2.38 bits per heavy atom. The van der Waals surface area contributed by atoms with Crippen molar-refractivity contribution in [1.82, 2.24) is 4.98 Å². The van der Waals surface area contributed by atoms with Crippen LogP contribution in [0, 0.1) is 11.3 Å². The molecule has 198 valence electrons. The van der Waals surface area contributed by atoms with E-state index in [9.17, 15) is 22.8 Å². The molecule has 0 radical (unpaired) electrons. The van der Waals surface area contributed by atoms with Gasteiger partial charge >= 0.3 is 12.2 Å². The molecule has 0 aliphatic heterocycles. The van der Waals surface area contributed by atoms with E-state index in [4.69, 9.17) is 28.5 Å². The number of thiazole rings is 1. The number of amides is 3. The molecule has 13 heteroatoms. The molecular weight excluding hydrogens is 574 g/mol. The third kappa shape index (κ3) is 7.26. The van der Waals surface area contributed by atoms with Crippen LogP contribution in [0.25, 0.3) is 0 Å². The van der Waals surface area contributed by atoms with E-state index in [0.29, 0.717) is 21.3 Å². The van der Waals surface area contributed by atoms with Crippen molar-refractivity contribution in [2.24, 2.45) is 0 Å². The summed E-state index contributed by atoms with van der Waals surface area (Å²) in [7, 11) is 0. The summed E-state index contributed by atoms with van der Waals surface area (Å²) in [4.78, 5) is 29.7. The van der Waals surface area contributed by atoms with Crippen LogP contribution >= 0.6 is 34.5 Å². The zero-order valence-corrected chi connectivity index (χ0v) is 21.9. The molecular formula is C26H16Cl2F3N5O2S. The second kappa shape index (κ2) is 11.7. The highest BCUT2D eigenvalue weighted by atomic mass is 35.5. The van der Waals surface area contributed by atoms with Gasteiger partial charge in [0.15, 0.2) is 5.13 Å². The molecule has 0 fully saturated rings. The Balaban J connectivity index is 1.40. The minimum absolute atomic E-state index is 0.0130. The van der Waals surface area contributed by atoms with Gasteiger partial charge in [-0.2, -0.15) is 18.4 Å². The van der Waals surface area contributed by atoms with Crippen LogP contribution in [0.4, 0.5) is 34.5 Å². The zero-order chi connectivity index (χ0) is 28.2. The van der Waals surface area contributed by atoms with Gasteiger partial charge in [0.05, 0.1) is 27.2 Å². The van der Waals surface area contributed by atoms with Gasteiger partial charge in [-0.25, -0.2) is 9.78 Å². The molecule has 0 saturated carbocycles. The fraction of sp³-hybridized carbons (Fsp3) is 0.0769. The molecule has 0 spiro atoms. The van der Waals surface area contributed by atoms with Crippen molar-refractivity contribution in [3.8, 4) is 6.07 Å². The third-order valence-electron chi connectivity index (χ3n) is 5.24. The smallest absolute Gasteiger partial charge is 0.308 e. The largest absolute Gasteiger partial charge is 0.416 e. The van der Waals surface area contributed by atoms with Gasteiger partial charge in [-0.05, 0) is 54.1 Å². The van der Waals surface area contributed by atoms with E-state index in [1.165, 1.54) is 42.6 Å². The Morgan fingerprint density at radius 1 is 0.949 bits per heavy atom. The fourth-order valence-electron chi connectivity index (χ4n) is 3.47. The second-order valence-electron chi connectivity index (χ2n) is 8.03.